The van der Waals surface area contributed by atoms with Crippen LogP contribution in [-0.2, 0) is 0 Å². The van der Waals surface area contributed by atoms with Gasteiger partial charge < -0.3 is 19.9 Å². The maximum absolute atomic E-state index is 12.0. The van der Waals surface area contributed by atoms with Crippen molar-refractivity contribution in [3.05, 3.63) is 75.5 Å². The van der Waals surface area contributed by atoms with Gasteiger partial charge in [-0.25, -0.2) is 23.1 Å². The Kier molecular flexibility index (Phi) is 8.14. The van der Waals surface area contributed by atoms with Gasteiger partial charge in [0.1, 0.15) is 5.82 Å². The number of nitrogens with one attached hydrogen (secondary N) is 1. The molecule has 0 amide bonds. The largest absolute Gasteiger partial charge is 0.355 e. The van der Waals surface area contributed by atoms with Crippen LogP contribution < -0.4 is 10.2 Å². The molecule has 2 aliphatic heterocycles. The number of rotatable bonds is 1. The van der Waals surface area contributed by atoms with Crippen LogP contribution in [0.25, 0.3) is 9.69 Å². The molecule has 2 unspecified atom stereocenters. The van der Waals surface area contributed by atoms with E-state index in [0.29, 0.717) is 22.9 Å². The van der Waals surface area contributed by atoms with Crippen LogP contribution in [0.5, 0.6) is 0 Å². The summed E-state index contributed by atoms with van der Waals surface area (Å²) in [4.78, 5) is 16.9. The van der Waals surface area contributed by atoms with Gasteiger partial charge in [0.05, 0.1) is 23.7 Å². The molecule has 4 fully saturated rings. The Balaban J connectivity index is 0.000000145. The van der Waals surface area contributed by atoms with Crippen LogP contribution in [0.3, 0.4) is 0 Å². The molecule has 168 valence electrons. The molecular formula is C22H22Cl3FN6. The minimum atomic E-state index is -0.544. The van der Waals surface area contributed by atoms with E-state index in [4.69, 9.17) is 36.3 Å². The van der Waals surface area contributed by atoms with Crippen LogP contribution >= 0.6 is 35.6 Å². The molecule has 6 rings (SSSR count). The fourth-order valence-corrected chi connectivity index (χ4v) is 4.70. The van der Waals surface area contributed by atoms with Crippen LogP contribution in [0.2, 0.25) is 10.0 Å². The van der Waals surface area contributed by atoms with E-state index in [1.54, 1.807) is 12.3 Å². The lowest BCUT2D eigenvalue weighted by atomic mass is 10.3. The third-order valence-electron chi connectivity index (χ3n) is 6.21. The lowest BCUT2D eigenvalue weighted by Crippen LogP contribution is -2.25. The van der Waals surface area contributed by atoms with Crippen molar-refractivity contribution in [2.45, 2.75) is 12.1 Å². The van der Waals surface area contributed by atoms with Gasteiger partial charge >= 0.3 is 0 Å². The third-order valence-corrected chi connectivity index (χ3v) is 6.68. The van der Waals surface area contributed by atoms with Crippen molar-refractivity contribution >= 4 is 41.4 Å². The second-order valence-electron chi connectivity index (χ2n) is 8.09. The van der Waals surface area contributed by atoms with Crippen LogP contribution in [0.4, 0.5) is 10.2 Å². The molecule has 1 N–H and O–H groups in total. The van der Waals surface area contributed by atoms with Gasteiger partial charge in [-0.2, -0.15) is 4.39 Å². The van der Waals surface area contributed by atoms with Gasteiger partial charge in [0.2, 0.25) is 18.0 Å². The first kappa shape index (κ1) is 24.5. The summed E-state index contributed by atoms with van der Waals surface area (Å²) in [6.07, 6.45) is 3.05. The van der Waals surface area contributed by atoms with Crippen LogP contribution in [0.1, 0.15) is 0 Å². The van der Waals surface area contributed by atoms with E-state index < -0.39 is 5.95 Å². The van der Waals surface area contributed by atoms with Crippen molar-refractivity contribution in [2.75, 3.05) is 31.1 Å². The van der Waals surface area contributed by atoms with E-state index in [2.05, 4.69) is 29.9 Å². The van der Waals surface area contributed by atoms with Crippen molar-refractivity contribution in [1.29, 1.82) is 0 Å². The zero-order valence-electron chi connectivity index (χ0n) is 17.0. The van der Waals surface area contributed by atoms with E-state index in [9.17, 15) is 4.39 Å². The summed E-state index contributed by atoms with van der Waals surface area (Å²) in [5, 5.41) is 4.34. The fourth-order valence-electron chi connectivity index (χ4n) is 4.40. The highest BCUT2D eigenvalue weighted by molar-refractivity contribution is 6.30. The zero-order valence-corrected chi connectivity index (χ0v) is 19.4. The average molecular weight is 496 g/mol. The lowest BCUT2D eigenvalue weighted by Gasteiger charge is -2.18. The maximum atomic E-state index is 12.0. The molecule has 6 nitrogen and oxygen atoms in total. The number of anilines is 1. The number of fused-ring (bicyclic) bond motifs is 2. The smallest absolute Gasteiger partial charge is 0.233 e. The second kappa shape index (κ2) is 10.6. The predicted octanol–water partition coefficient (Wildman–Crippen LogP) is 4.51. The highest BCUT2D eigenvalue weighted by Crippen LogP contribution is 2.48. The molecule has 2 saturated heterocycles. The van der Waals surface area contributed by atoms with E-state index in [1.807, 2.05) is 6.07 Å². The van der Waals surface area contributed by atoms with Gasteiger partial charge in [-0.1, -0.05) is 23.2 Å². The molecule has 32 heavy (non-hydrogen) atoms. The molecule has 4 heterocycles. The fraction of sp³-hybridized carbons (Fsp3) is 0.455. The molecule has 0 aromatic carbocycles. The van der Waals surface area contributed by atoms with E-state index in [0.717, 1.165) is 54.9 Å². The number of halogens is 4. The normalized spacial score (nSPS) is 30.0. The van der Waals surface area contributed by atoms with Gasteiger partial charge in [-0.05, 0) is 18.2 Å². The molecule has 2 aromatic heterocycles. The van der Waals surface area contributed by atoms with Crippen LogP contribution in [-0.4, -0.2) is 48.2 Å². The van der Waals surface area contributed by atoms with E-state index in [-0.39, 0.29) is 18.4 Å². The standard InChI is InChI=1S/C11H10ClN3.C6H8N2.C5H3ClFN.ClH/c1-13-11-8-5-15(6-9(8)11)10-4-7(12)2-3-14-10;1-7-6-4-2-8-3-5(4)6;6-4-1-2-8-5(7)3-4;/h2-4,8-9,11H,5-6H2;4-6,8H,2-3H2;1-3H;1H/t8-,9+,11?;4-,5+,6?;;. The van der Waals surface area contributed by atoms with E-state index >= 15 is 0 Å². The number of hydrogen-bond acceptors (Lipinski definition) is 4. The Morgan fingerprint density at radius 2 is 1.44 bits per heavy atom. The highest BCUT2D eigenvalue weighted by Gasteiger charge is 2.62. The monoisotopic (exact) mass is 494 g/mol. The lowest BCUT2D eigenvalue weighted by molar-refractivity contribution is 0.584. The van der Waals surface area contributed by atoms with Gasteiger partial charge in [0.25, 0.3) is 0 Å². The number of piperidine rings is 2. The summed E-state index contributed by atoms with van der Waals surface area (Å²) in [7, 11) is 0. The third kappa shape index (κ3) is 5.60. The minimum absolute atomic E-state index is 0. The number of nitrogens with zero attached hydrogens (tertiary/aromatic N) is 5. The first-order chi connectivity index (χ1) is 15.0. The Morgan fingerprint density at radius 3 is 1.88 bits per heavy atom. The number of hydrogen-bond donors (Lipinski definition) is 1. The van der Waals surface area contributed by atoms with Crippen molar-refractivity contribution in [1.82, 2.24) is 15.3 Å². The molecule has 2 saturated carbocycles. The molecule has 0 bridgehead atoms. The summed E-state index contributed by atoms with van der Waals surface area (Å²) < 4.78 is 12.0. The van der Waals surface area contributed by atoms with Crippen molar-refractivity contribution in [2.24, 2.45) is 23.7 Å². The minimum Gasteiger partial charge on any atom is -0.355 e. The Labute approximate surface area is 203 Å². The highest BCUT2D eigenvalue weighted by atomic mass is 35.5. The van der Waals surface area contributed by atoms with Gasteiger partial charge in [-0.3, -0.25) is 0 Å². The summed E-state index contributed by atoms with van der Waals surface area (Å²) in [5.74, 6) is 3.00. The van der Waals surface area contributed by atoms with E-state index in [1.165, 1.54) is 12.3 Å². The number of aromatic nitrogens is 2. The summed E-state index contributed by atoms with van der Waals surface area (Å²) >= 11 is 11.3. The molecule has 0 radical (unpaired) electrons. The SMILES string of the molecule is Cl.Fc1cc(Cl)ccn1.[C-]#[N+]C1[C@H]2CN(c3cc(Cl)ccn3)C[C@@H]12.[C-]#[N+]C1[C@H]2CNC[C@@H]12. The zero-order chi connectivity index (χ0) is 22.0. The second-order valence-corrected chi connectivity index (χ2v) is 8.96. The summed E-state index contributed by atoms with van der Waals surface area (Å²) in [5.41, 5.74) is 0. The van der Waals surface area contributed by atoms with Crippen LogP contribution in [0.15, 0.2) is 36.7 Å². The van der Waals surface area contributed by atoms with Crippen LogP contribution in [0, 0.1) is 42.8 Å². The molecule has 2 aliphatic carbocycles. The van der Waals surface area contributed by atoms with Gasteiger partial charge in [-0.15, -0.1) is 12.4 Å². The Morgan fingerprint density at radius 1 is 0.906 bits per heavy atom. The molecule has 2 aromatic rings. The Bertz CT molecular complexity index is 986. The summed E-state index contributed by atoms with van der Waals surface area (Å²) in [6.45, 7) is 17.8. The predicted molar refractivity (Wildman–Crippen MR) is 126 cm³/mol. The molecule has 10 heteroatoms. The van der Waals surface area contributed by atoms with Gasteiger partial charge in [0, 0.05) is 54.7 Å². The average Bonchev–Trinajstić information content (AvgIpc) is 3.43. The van der Waals surface area contributed by atoms with Crippen molar-refractivity contribution in [3.8, 4) is 0 Å². The molecule has 6 atom stereocenters. The first-order valence-electron chi connectivity index (χ1n) is 10.1. The van der Waals surface area contributed by atoms with Crippen molar-refractivity contribution in [3.63, 3.8) is 0 Å². The topological polar surface area (TPSA) is 49.8 Å². The summed E-state index contributed by atoms with van der Waals surface area (Å²) in [6, 6.07) is 7.02. The molecular weight excluding hydrogens is 474 g/mol. The van der Waals surface area contributed by atoms with Crippen molar-refractivity contribution < 1.29 is 4.39 Å². The Hall–Kier alpha value is -2.16. The number of pyridine rings is 2. The quantitative estimate of drug-likeness (QED) is 0.467. The van der Waals surface area contributed by atoms with Gasteiger partial charge in [0.15, 0.2) is 0 Å². The molecule has 4 aliphatic rings. The molecule has 0 spiro atoms. The first-order valence-corrected chi connectivity index (χ1v) is 10.8. The maximum Gasteiger partial charge on any atom is 0.233 e.